The van der Waals surface area contributed by atoms with Crippen molar-refractivity contribution < 1.29 is 27.1 Å². The summed E-state index contributed by atoms with van der Waals surface area (Å²) in [6, 6.07) is 11.6. The van der Waals surface area contributed by atoms with Crippen LogP contribution in [0.25, 0.3) is 10.8 Å². The smallest absolute Gasteiger partial charge is 0.337 e. The summed E-state index contributed by atoms with van der Waals surface area (Å²) in [5.41, 5.74) is -0.430. The zero-order valence-corrected chi connectivity index (χ0v) is 13.3. The van der Waals surface area contributed by atoms with Gasteiger partial charge in [-0.3, -0.25) is 4.72 Å². The molecule has 5 nitrogen and oxygen atoms in total. The van der Waals surface area contributed by atoms with Crippen molar-refractivity contribution in [3.05, 3.63) is 71.8 Å². The van der Waals surface area contributed by atoms with E-state index in [0.717, 1.165) is 6.07 Å². The zero-order chi connectivity index (χ0) is 18.2. The second-order valence-corrected chi connectivity index (χ2v) is 6.91. The maximum absolute atomic E-state index is 13.3. The number of halogens is 2. The standard InChI is InChI=1S/C17H11F2NO4S/c18-14-6-5-12(9-15(14)19)25(23,24)20-16-8-11-4-2-1-3-10(11)7-13(16)17(21)22/h1-9,20H,(H,21,22). The number of carboxylic acid groups (broad SMARTS) is 1. The van der Waals surface area contributed by atoms with Gasteiger partial charge in [-0.2, -0.15) is 0 Å². The Morgan fingerprint density at radius 1 is 0.920 bits per heavy atom. The molecule has 0 radical (unpaired) electrons. The van der Waals surface area contributed by atoms with Gasteiger partial charge in [0, 0.05) is 0 Å². The molecule has 0 aliphatic carbocycles. The van der Waals surface area contributed by atoms with Gasteiger partial charge in [-0.25, -0.2) is 22.0 Å². The number of rotatable bonds is 4. The molecule has 25 heavy (non-hydrogen) atoms. The molecule has 3 aromatic carbocycles. The molecular weight excluding hydrogens is 352 g/mol. The number of fused-ring (bicyclic) bond motifs is 1. The van der Waals surface area contributed by atoms with Crippen LogP contribution in [-0.4, -0.2) is 19.5 Å². The second kappa shape index (κ2) is 6.14. The van der Waals surface area contributed by atoms with Crippen LogP contribution in [0.2, 0.25) is 0 Å². The normalized spacial score (nSPS) is 11.4. The quantitative estimate of drug-likeness (QED) is 0.742. The first-order chi connectivity index (χ1) is 11.8. The summed E-state index contributed by atoms with van der Waals surface area (Å²) in [5, 5.41) is 10.6. The molecule has 0 atom stereocenters. The van der Waals surface area contributed by atoms with E-state index in [4.69, 9.17) is 0 Å². The van der Waals surface area contributed by atoms with Crippen LogP contribution >= 0.6 is 0 Å². The summed E-state index contributed by atoms with van der Waals surface area (Å²) in [5.74, 6) is -3.83. The molecule has 0 bridgehead atoms. The van der Waals surface area contributed by atoms with Gasteiger partial charge in [0.2, 0.25) is 0 Å². The van der Waals surface area contributed by atoms with Crippen molar-refractivity contribution in [2.24, 2.45) is 0 Å². The Kier molecular flexibility index (Phi) is 4.13. The highest BCUT2D eigenvalue weighted by Gasteiger charge is 2.20. The largest absolute Gasteiger partial charge is 0.478 e. The highest BCUT2D eigenvalue weighted by Crippen LogP contribution is 2.27. The minimum atomic E-state index is -4.30. The number of sulfonamides is 1. The molecule has 128 valence electrons. The number of hydrogen-bond acceptors (Lipinski definition) is 3. The topological polar surface area (TPSA) is 83.5 Å². The van der Waals surface area contributed by atoms with Crippen molar-refractivity contribution in [2.75, 3.05) is 4.72 Å². The van der Waals surface area contributed by atoms with Crippen molar-refractivity contribution in [3.8, 4) is 0 Å². The van der Waals surface area contributed by atoms with Crippen LogP contribution in [-0.2, 0) is 10.0 Å². The Labute approximate surface area is 141 Å². The summed E-state index contributed by atoms with van der Waals surface area (Å²) in [6.07, 6.45) is 0. The Balaban J connectivity index is 2.10. The van der Waals surface area contributed by atoms with Crippen molar-refractivity contribution in [2.45, 2.75) is 4.90 Å². The van der Waals surface area contributed by atoms with Gasteiger partial charge in [-0.1, -0.05) is 24.3 Å². The van der Waals surface area contributed by atoms with Gasteiger partial charge in [0.1, 0.15) is 0 Å². The Bertz CT molecular complexity index is 1100. The van der Waals surface area contributed by atoms with Crippen molar-refractivity contribution >= 4 is 32.5 Å². The summed E-state index contributed by atoms with van der Waals surface area (Å²) in [6.45, 7) is 0. The average Bonchev–Trinajstić information content (AvgIpc) is 2.56. The minimum Gasteiger partial charge on any atom is -0.478 e. The van der Waals surface area contributed by atoms with Gasteiger partial charge in [0.05, 0.1) is 16.1 Å². The van der Waals surface area contributed by atoms with E-state index >= 15 is 0 Å². The minimum absolute atomic E-state index is 0.170. The van der Waals surface area contributed by atoms with Crippen LogP contribution in [0, 0.1) is 11.6 Å². The van der Waals surface area contributed by atoms with Crippen LogP contribution < -0.4 is 4.72 Å². The molecular formula is C17H11F2NO4S. The Morgan fingerprint density at radius 2 is 1.56 bits per heavy atom. The summed E-state index contributed by atoms with van der Waals surface area (Å²) in [4.78, 5) is 10.9. The molecule has 0 heterocycles. The summed E-state index contributed by atoms with van der Waals surface area (Å²) < 4.78 is 53.2. The SMILES string of the molecule is O=C(O)c1cc2ccccc2cc1NS(=O)(=O)c1ccc(F)c(F)c1. The third kappa shape index (κ3) is 3.29. The van der Waals surface area contributed by atoms with E-state index < -0.39 is 32.5 Å². The highest BCUT2D eigenvalue weighted by molar-refractivity contribution is 7.92. The maximum atomic E-state index is 13.3. The van der Waals surface area contributed by atoms with Crippen LogP contribution in [0.5, 0.6) is 0 Å². The molecule has 0 unspecified atom stereocenters. The number of carbonyl (C=O) groups is 1. The molecule has 3 aromatic rings. The predicted octanol–water partition coefficient (Wildman–Crippen LogP) is 3.62. The Morgan fingerprint density at radius 3 is 2.16 bits per heavy atom. The first-order valence-electron chi connectivity index (χ1n) is 7.02. The molecule has 3 rings (SSSR count). The number of hydrogen-bond donors (Lipinski definition) is 2. The average molecular weight is 363 g/mol. The molecule has 0 saturated carbocycles. The van der Waals surface area contributed by atoms with Gasteiger partial charge < -0.3 is 5.11 Å². The fraction of sp³-hybridized carbons (Fsp3) is 0. The number of aromatic carboxylic acids is 1. The molecule has 0 saturated heterocycles. The van der Waals surface area contributed by atoms with E-state index in [1.54, 1.807) is 24.3 Å². The van der Waals surface area contributed by atoms with Crippen LogP contribution in [0.1, 0.15) is 10.4 Å². The van der Waals surface area contributed by atoms with Gasteiger partial charge in [0.25, 0.3) is 10.0 Å². The fourth-order valence-corrected chi connectivity index (χ4v) is 3.43. The molecule has 0 aromatic heterocycles. The van der Waals surface area contributed by atoms with E-state index in [2.05, 4.69) is 4.72 Å². The third-order valence-corrected chi connectivity index (χ3v) is 4.93. The van der Waals surface area contributed by atoms with Gasteiger partial charge in [-0.05, 0) is 41.1 Å². The lowest BCUT2D eigenvalue weighted by molar-refractivity contribution is 0.0698. The molecule has 8 heteroatoms. The molecule has 2 N–H and O–H groups in total. The summed E-state index contributed by atoms with van der Waals surface area (Å²) >= 11 is 0. The van der Waals surface area contributed by atoms with Crippen molar-refractivity contribution in [1.29, 1.82) is 0 Å². The monoisotopic (exact) mass is 363 g/mol. The first-order valence-corrected chi connectivity index (χ1v) is 8.50. The van der Waals surface area contributed by atoms with Gasteiger partial charge >= 0.3 is 5.97 Å². The Hall–Kier alpha value is -3.00. The molecule has 0 amide bonds. The highest BCUT2D eigenvalue weighted by atomic mass is 32.2. The van der Waals surface area contributed by atoms with E-state index in [1.165, 1.54) is 12.1 Å². The third-order valence-electron chi connectivity index (χ3n) is 3.56. The number of benzene rings is 3. The van der Waals surface area contributed by atoms with E-state index in [9.17, 15) is 27.1 Å². The first kappa shape index (κ1) is 16.8. The molecule has 0 fully saturated rings. The molecule has 0 spiro atoms. The van der Waals surface area contributed by atoms with Gasteiger partial charge in [-0.15, -0.1) is 0 Å². The second-order valence-electron chi connectivity index (χ2n) is 5.23. The van der Waals surface area contributed by atoms with Crippen LogP contribution in [0.3, 0.4) is 0 Å². The van der Waals surface area contributed by atoms with Crippen LogP contribution in [0.4, 0.5) is 14.5 Å². The maximum Gasteiger partial charge on any atom is 0.337 e. The number of nitrogens with one attached hydrogen (secondary N) is 1. The van der Waals surface area contributed by atoms with E-state index in [0.29, 0.717) is 22.9 Å². The lowest BCUT2D eigenvalue weighted by Crippen LogP contribution is -2.16. The zero-order valence-electron chi connectivity index (χ0n) is 12.5. The summed E-state index contributed by atoms with van der Waals surface area (Å²) in [7, 11) is -4.30. The van der Waals surface area contributed by atoms with Crippen molar-refractivity contribution in [3.63, 3.8) is 0 Å². The molecule has 0 aliphatic heterocycles. The van der Waals surface area contributed by atoms with E-state index in [1.807, 2.05) is 0 Å². The predicted molar refractivity (Wildman–Crippen MR) is 88.1 cm³/mol. The molecule has 0 aliphatic rings. The van der Waals surface area contributed by atoms with Crippen molar-refractivity contribution in [1.82, 2.24) is 0 Å². The van der Waals surface area contributed by atoms with Crippen LogP contribution in [0.15, 0.2) is 59.5 Å². The van der Waals surface area contributed by atoms with E-state index in [-0.39, 0.29) is 11.3 Å². The van der Waals surface area contributed by atoms with Gasteiger partial charge in [0.15, 0.2) is 11.6 Å². The fourth-order valence-electron chi connectivity index (χ4n) is 2.35. The lowest BCUT2D eigenvalue weighted by atomic mass is 10.1. The number of anilines is 1. The lowest BCUT2D eigenvalue weighted by Gasteiger charge is -2.12. The number of carboxylic acids is 1.